The van der Waals surface area contributed by atoms with E-state index in [1.54, 1.807) is 6.92 Å². The van der Waals surface area contributed by atoms with Crippen molar-refractivity contribution in [3.8, 4) is 0 Å². The molecule has 0 aromatic carbocycles. The molecule has 0 aliphatic rings. The molecule has 0 bridgehead atoms. The third-order valence-electron chi connectivity index (χ3n) is 2.77. The molecule has 0 aromatic heterocycles. The molecule has 0 fully saturated rings. The highest BCUT2D eigenvalue weighted by Gasteiger charge is 2.16. The van der Waals surface area contributed by atoms with E-state index in [9.17, 15) is 4.79 Å². The highest BCUT2D eigenvalue weighted by Crippen LogP contribution is 2.19. The number of carbonyl (C=O) groups excluding carboxylic acids is 1. The maximum atomic E-state index is 10.6. The van der Waals surface area contributed by atoms with E-state index >= 15 is 0 Å². The van der Waals surface area contributed by atoms with E-state index in [1.165, 1.54) is 0 Å². The van der Waals surface area contributed by atoms with Crippen LogP contribution in [-0.2, 0) is 4.79 Å². The largest absolute Gasteiger partial charge is 0.355 e. The quantitative estimate of drug-likeness (QED) is 0.633. The SMILES string of the molecule is CC(=O)NCCNCC(C(C)C)C(C)C. The standard InChI is InChI=1S/C12H26N2O/c1-9(2)12(10(3)4)8-13-6-7-14-11(5)15/h9-10,12-13H,6-8H2,1-5H3,(H,14,15). The van der Waals surface area contributed by atoms with Crippen molar-refractivity contribution in [1.29, 1.82) is 0 Å². The molecule has 2 N–H and O–H groups in total. The molecule has 0 rings (SSSR count). The van der Waals surface area contributed by atoms with Crippen molar-refractivity contribution in [2.75, 3.05) is 19.6 Å². The molecule has 0 aliphatic heterocycles. The summed E-state index contributed by atoms with van der Waals surface area (Å²) in [7, 11) is 0. The molecule has 0 aliphatic carbocycles. The molecule has 15 heavy (non-hydrogen) atoms. The first-order valence-electron chi connectivity index (χ1n) is 5.90. The second kappa shape index (κ2) is 7.69. The second-order valence-corrected chi connectivity index (χ2v) is 4.84. The molecule has 3 nitrogen and oxygen atoms in total. The fourth-order valence-electron chi connectivity index (χ4n) is 1.84. The van der Waals surface area contributed by atoms with Gasteiger partial charge in [-0.2, -0.15) is 0 Å². The molecule has 0 radical (unpaired) electrons. The summed E-state index contributed by atoms with van der Waals surface area (Å²) in [5, 5.41) is 6.17. The Morgan fingerprint density at radius 3 is 2.00 bits per heavy atom. The molecule has 0 saturated heterocycles. The van der Waals surface area contributed by atoms with Gasteiger partial charge in [-0.05, 0) is 24.3 Å². The van der Waals surface area contributed by atoms with Crippen LogP contribution in [0.2, 0.25) is 0 Å². The summed E-state index contributed by atoms with van der Waals surface area (Å²) < 4.78 is 0. The Morgan fingerprint density at radius 1 is 1.07 bits per heavy atom. The highest BCUT2D eigenvalue weighted by atomic mass is 16.1. The van der Waals surface area contributed by atoms with E-state index in [0.29, 0.717) is 17.8 Å². The van der Waals surface area contributed by atoms with Crippen LogP contribution in [0.5, 0.6) is 0 Å². The molecule has 0 unspecified atom stereocenters. The lowest BCUT2D eigenvalue weighted by molar-refractivity contribution is -0.118. The zero-order valence-corrected chi connectivity index (χ0v) is 10.8. The van der Waals surface area contributed by atoms with E-state index in [-0.39, 0.29) is 5.91 Å². The minimum atomic E-state index is 0.0427. The van der Waals surface area contributed by atoms with Gasteiger partial charge in [0.2, 0.25) is 5.91 Å². The zero-order valence-electron chi connectivity index (χ0n) is 10.8. The summed E-state index contributed by atoms with van der Waals surface area (Å²) in [6.45, 7) is 13.2. The first-order valence-corrected chi connectivity index (χ1v) is 5.90. The predicted molar refractivity (Wildman–Crippen MR) is 64.7 cm³/mol. The van der Waals surface area contributed by atoms with Crippen LogP contribution in [0.15, 0.2) is 0 Å². The van der Waals surface area contributed by atoms with Crippen LogP contribution >= 0.6 is 0 Å². The van der Waals surface area contributed by atoms with Crippen molar-refractivity contribution in [3.63, 3.8) is 0 Å². The minimum absolute atomic E-state index is 0.0427. The van der Waals surface area contributed by atoms with Crippen molar-refractivity contribution < 1.29 is 4.79 Å². The smallest absolute Gasteiger partial charge is 0.216 e. The van der Waals surface area contributed by atoms with Gasteiger partial charge in [0.25, 0.3) is 0 Å². The second-order valence-electron chi connectivity index (χ2n) is 4.84. The number of hydrogen-bond acceptors (Lipinski definition) is 2. The number of nitrogens with one attached hydrogen (secondary N) is 2. The zero-order chi connectivity index (χ0) is 11.8. The molecular formula is C12H26N2O. The summed E-state index contributed by atoms with van der Waals surface area (Å²) in [6.07, 6.45) is 0. The average molecular weight is 214 g/mol. The van der Waals surface area contributed by atoms with Gasteiger partial charge in [0, 0.05) is 20.0 Å². The third-order valence-corrected chi connectivity index (χ3v) is 2.77. The first-order chi connectivity index (χ1) is 6.95. The fourth-order valence-corrected chi connectivity index (χ4v) is 1.84. The minimum Gasteiger partial charge on any atom is -0.355 e. The van der Waals surface area contributed by atoms with Gasteiger partial charge in [0.05, 0.1) is 0 Å². The summed E-state index contributed by atoms with van der Waals surface area (Å²) >= 11 is 0. The van der Waals surface area contributed by atoms with E-state index in [4.69, 9.17) is 0 Å². The molecule has 0 saturated carbocycles. The molecule has 3 heteroatoms. The summed E-state index contributed by atoms with van der Waals surface area (Å²) in [4.78, 5) is 10.6. The Morgan fingerprint density at radius 2 is 1.60 bits per heavy atom. The van der Waals surface area contributed by atoms with E-state index in [1.807, 2.05) is 0 Å². The number of carbonyl (C=O) groups is 1. The molecular weight excluding hydrogens is 188 g/mol. The van der Waals surface area contributed by atoms with Crippen LogP contribution < -0.4 is 10.6 Å². The molecule has 1 amide bonds. The normalized spacial score (nSPS) is 11.5. The van der Waals surface area contributed by atoms with E-state index in [2.05, 4.69) is 38.3 Å². The van der Waals surface area contributed by atoms with Crippen LogP contribution in [0.25, 0.3) is 0 Å². The number of amides is 1. The first kappa shape index (κ1) is 14.4. The monoisotopic (exact) mass is 214 g/mol. The lowest BCUT2D eigenvalue weighted by Gasteiger charge is -2.25. The van der Waals surface area contributed by atoms with Crippen LogP contribution in [0.3, 0.4) is 0 Å². The van der Waals surface area contributed by atoms with Gasteiger partial charge in [0.1, 0.15) is 0 Å². The van der Waals surface area contributed by atoms with Gasteiger partial charge in [0.15, 0.2) is 0 Å². The Labute approximate surface area is 94.0 Å². The van der Waals surface area contributed by atoms with Gasteiger partial charge < -0.3 is 10.6 Å². The van der Waals surface area contributed by atoms with Gasteiger partial charge in [-0.3, -0.25) is 4.79 Å². The van der Waals surface area contributed by atoms with Crippen LogP contribution in [0.1, 0.15) is 34.6 Å². The van der Waals surface area contributed by atoms with Gasteiger partial charge in [-0.15, -0.1) is 0 Å². The summed E-state index contributed by atoms with van der Waals surface area (Å²) in [5.74, 6) is 2.17. The Bertz CT molecular complexity index is 170. The lowest BCUT2D eigenvalue weighted by atomic mass is 9.85. The molecule has 0 atom stereocenters. The van der Waals surface area contributed by atoms with Crippen LogP contribution in [0, 0.1) is 17.8 Å². The number of hydrogen-bond donors (Lipinski definition) is 2. The summed E-state index contributed by atoms with van der Waals surface area (Å²) in [5.41, 5.74) is 0. The Hall–Kier alpha value is -0.570. The van der Waals surface area contributed by atoms with Crippen molar-refractivity contribution in [2.45, 2.75) is 34.6 Å². The maximum Gasteiger partial charge on any atom is 0.216 e. The third kappa shape index (κ3) is 7.37. The molecule has 0 aromatic rings. The Balaban J connectivity index is 3.59. The fraction of sp³-hybridized carbons (Fsp3) is 0.917. The van der Waals surface area contributed by atoms with E-state index < -0.39 is 0 Å². The van der Waals surface area contributed by atoms with Crippen molar-refractivity contribution in [3.05, 3.63) is 0 Å². The highest BCUT2D eigenvalue weighted by molar-refractivity contribution is 5.72. The van der Waals surface area contributed by atoms with Gasteiger partial charge in [-0.25, -0.2) is 0 Å². The average Bonchev–Trinajstić information content (AvgIpc) is 2.08. The van der Waals surface area contributed by atoms with E-state index in [0.717, 1.165) is 19.6 Å². The van der Waals surface area contributed by atoms with Crippen molar-refractivity contribution >= 4 is 5.91 Å². The Kier molecular flexibility index (Phi) is 7.39. The molecule has 0 heterocycles. The van der Waals surface area contributed by atoms with Crippen molar-refractivity contribution in [2.24, 2.45) is 17.8 Å². The maximum absolute atomic E-state index is 10.6. The predicted octanol–water partition coefficient (Wildman–Crippen LogP) is 1.64. The van der Waals surface area contributed by atoms with Crippen molar-refractivity contribution in [1.82, 2.24) is 10.6 Å². The van der Waals surface area contributed by atoms with Crippen LogP contribution in [-0.4, -0.2) is 25.5 Å². The lowest BCUT2D eigenvalue weighted by Crippen LogP contribution is -2.35. The van der Waals surface area contributed by atoms with Crippen LogP contribution in [0.4, 0.5) is 0 Å². The number of rotatable bonds is 7. The summed E-state index contributed by atoms with van der Waals surface area (Å²) in [6, 6.07) is 0. The van der Waals surface area contributed by atoms with Gasteiger partial charge in [-0.1, -0.05) is 27.7 Å². The molecule has 90 valence electrons. The van der Waals surface area contributed by atoms with Gasteiger partial charge >= 0.3 is 0 Å². The topological polar surface area (TPSA) is 41.1 Å². The molecule has 0 spiro atoms.